The second-order valence-electron chi connectivity index (χ2n) is 5.10. The Morgan fingerprint density at radius 1 is 1.25 bits per heavy atom. The molecule has 20 heavy (non-hydrogen) atoms. The molecule has 0 aromatic heterocycles. The van der Waals surface area contributed by atoms with Crippen LogP contribution in [-0.2, 0) is 0 Å². The normalized spacial score (nSPS) is 14.8. The van der Waals surface area contributed by atoms with Crippen LogP contribution in [0.5, 0.6) is 0 Å². The standard InChI is InChI=1S/C16H27N3O/c1-5-13(4)19-16(17-6-2)18-11-15(20)14-9-7-12(3)8-10-14/h7-10,13,15,20H,5-6,11H2,1-4H3,(H2,17,18,19). The molecule has 3 N–H and O–H groups in total. The van der Waals surface area contributed by atoms with Crippen molar-refractivity contribution in [1.82, 2.24) is 10.6 Å². The Balaban J connectivity index is 2.63. The topological polar surface area (TPSA) is 56.7 Å². The van der Waals surface area contributed by atoms with Gasteiger partial charge in [0.25, 0.3) is 0 Å². The number of aryl methyl sites for hydroxylation is 1. The van der Waals surface area contributed by atoms with Gasteiger partial charge in [0, 0.05) is 12.6 Å². The van der Waals surface area contributed by atoms with Crippen LogP contribution < -0.4 is 10.6 Å². The van der Waals surface area contributed by atoms with E-state index < -0.39 is 6.10 Å². The zero-order chi connectivity index (χ0) is 15.0. The van der Waals surface area contributed by atoms with Crippen LogP contribution in [-0.4, -0.2) is 30.2 Å². The third-order valence-corrected chi connectivity index (χ3v) is 3.22. The first kappa shape index (κ1) is 16.5. The van der Waals surface area contributed by atoms with Gasteiger partial charge in [-0.2, -0.15) is 0 Å². The van der Waals surface area contributed by atoms with Crippen LogP contribution >= 0.6 is 0 Å². The Labute approximate surface area is 122 Å². The number of aliphatic imine (C=N–C) groups is 1. The van der Waals surface area contributed by atoms with Crippen LogP contribution in [0.2, 0.25) is 0 Å². The highest BCUT2D eigenvalue weighted by molar-refractivity contribution is 5.80. The molecule has 1 rings (SSSR count). The van der Waals surface area contributed by atoms with Crippen LogP contribution in [0.15, 0.2) is 29.3 Å². The highest BCUT2D eigenvalue weighted by atomic mass is 16.3. The van der Waals surface area contributed by atoms with Crippen LogP contribution in [0.4, 0.5) is 0 Å². The molecule has 1 aromatic rings. The summed E-state index contributed by atoms with van der Waals surface area (Å²) in [6.07, 6.45) is 0.466. The van der Waals surface area contributed by atoms with E-state index in [0.717, 1.165) is 24.5 Å². The third kappa shape index (κ3) is 5.61. The maximum absolute atomic E-state index is 10.2. The third-order valence-electron chi connectivity index (χ3n) is 3.22. The van der Waals surface area contributed by atoms with Gasteiger partial charge in [-0.1, -0.05) is 36.8 Å². The molecule has 0 bridgehead atoms. The molecule has 0 fully saturated rings. The van der Waals surface area contributed by atoms with Gasteiger partial charge in [-0.05, 0) is 32.8 Å². The molecule has 0 aliphatic carbocycles. The fourth-order valence-corrected chi connectivity index (χ4v) is 1.73. The molecule has 112 valence electrons. The number of nitrogens with zero attached hydrogens (tertiary/aromatic N) is 1. The zero-order valence-corrected chi connectivity index (χ0v) is 13.0. The first-order chi connectivity index (χ1) is 9.56. The number of rotatable bonds is 6. The lowest BCUT2D eigenvalue weighted by Gasteiger charge is -2.17. The Hall–Kier alpha value is -1.55. The molecule has 0 aliphatic heterocycles. The van der Waals surface area contributed by atoms with E-state index >= 15 is 0 Å². The summed E-state index contributed by atoms with van der Waals surface area (Å²) in [5, 5.41) is 16.7. The Bertz CT molecular complexity index is 414. The molecule has 0 radical (unpaired) electrons. The Kier molecular flexibility index (Phi) is 7.09. The number of hydrogen-bond donors (Lipinski definition) is 3. The summed E-state index contributed by atoms with van der Waals surface area (Å²) in [5.74, 6) is 0.757. The Morgan fingerprint density at radius 2 is 1.90 bits per heavy atom. The number of aliphatic hydroxyl groups excluding tert-OH is 1. The molecule has 0 spiro atoms. The largest absolute Gasteiger partial charge is 0.386 e. The van der Waals surface area contributed by atoms with E-state index in [1.165, 1.54) is 5.56 Å². The van der Waals surface area contributed by atoms with E-state index in [-0.39, 0.29) is 0 Å². The smallest absolute Gasteiger partial charge is 0.191 e. The number of aliphatic hydroxyl groups is 1. The van der Waals surface area contributed by atoms with Crippen LogP contribution in [0.1, 0.15) is 44.4 Å². The number of guanidine groups is 1. The van der Waals surface area contributed by atoms with Gasteiger partial charge in [0.1, 0.15) is 0 Å². The lowest BCUT2D eigenvalue weighted by molar-refractivity contribution is 0.187. The predicted octanol–water partition coefficient (Wildman–Crippen LogP) is 2.38. The molecule has 0 saturated carbocycles. The van der Waals surface area contributed by atoms with E-state index in [2.05, 4.69) is 29.5 Å². The molecule has 1 aromatic carbocycles. The van der Waals surface area contributed by atoms with Crippen LogP contribution in [0, 0.1) is 6.92 Å². The maximum Gasteiger partial charge on any atom is 0.191 e. The molecule has 0 saturated heterocycles. The molecule has 4 heteroatoms. The summed E-state index contributed by atoms with van der Waals surface area (Å²) in [4.78, 5) is 4.44. The summed E-state index contributed by atoms with van der Waals surface area (Å²) in [7, 11) is 0. The minimum Gasteiger partial charge on any atom is -0.386 e. The van der Waals surface area contributed by atoms with Gasteiger partial charge < -0.3 is 15.7 Å². The maximum atomic E-state index is 10.2. The molecule has 2 unspecified atom stereocenters. The van der Waals surface area contributed by atoms with E-state index in [4.69, 9.17) is 0 Å². The van der Waals surface area contributed by atoms with Crippen LogP contribution in [0.3, 0.4) is 0 Å². The molecule has 0 amide bonds. The lowest BCUT2D eigenvalue weighted by Crippen LogP contribution is -2.42. The van der Waals surface area contributed by atoms with Crippen molar-refractivity contribution in [3.8, 4) is 0 Å². The summed E-state index contributed by atoms with van der Waals surface area (Å²) < 4.78 is 0. The molecule has 0 aliphatic rings. The quantitative estimate of drug-likeness (QED) is 0.553. The van der Waals surface area contributed by atoms with Gasteiger partial charge in [0.2, 0.25) is 0 Å². The van der Waals surface area contributed by atoms with Gasteiger partial charge in [-0.3, -0.25) is 4.99 Å². The average molecular weight is 277 g/mol. The van der Waals surface area contributed by atoms with Crippen molar-refractivity contribution in [1.29, 1.82) is 0 Å². The molecule has 2 atom stereocenters. The number of nitrogens with one attached hydrogen (secondary N) is 2. The minimum absolute atomic E-state index is 0.356. The van der Waals surface area contributed by atoms with Crippen molar-refractivity contribution < 1.29 is 5.11 Å². The Morgan fingerprint density at radius 3 is 2.45 bits per heavy atom. The van der Waals surface area contributed by atoms with Crippen molar-refractivity contribution in [2.24, 2.45) is 4.99 Å². The average Bonchev–Trinajstić information content (AvgIpc) is 2.45. The van der Waals surface area contributed by atoms with E-state index in [1.54, 1.807) is 0 Å². The van der Waals surface area contributed by atoms with E-state index in [0.29, 0.717) is 12.6 Å². The SMILES string of the molecule is CCNC(=NCC(O)c1ccc(C)cc1)NC(C)CC. The van der Waals surface area contributed by atoms with Gasteiger partial charge >= 0.3 is 0 Å². The van der Waals surface area contributed by atoms with Gasteiger partial charge in [0.15, 0.2) is 5.96 Å². The van der Waals surface area contributed by atoms with Gasteiger partial charge in [-0.15, -0.1) is 0 Å². The highest BCUT2D eigenvalue weighted by Crippen LogP contribution is 2.13. The van der Waals surface area contributed by atoms with Gasteiger partial charge in [0.05, 0.1) is 12.6 Å². The minimum atomic E-state index is -0.567. The number of hydrogen-bond acceptors (Lipinski definition) is 2. The summed E-state index contributed by atoms with van der Waals surface area (Å²) in [6, 6.07) is 8.27. The fourth-order valence-electron chi connectivity index (χ4n) is 1.73. The summed E-state index contributed by atoms with van der Waals surface area (Å²) in [5.41, 5.74) is 2.09. The second kappa shape index (κ2) is 8.59. The summed E-state index contributed by atoms with van der Waals surface area (Å²) in [6.45, 7) is 9.47. The molecular weight excluding hydrogens is 250 g/mol. The molecular formula is C16H27N3O. The van der Waals surface area contributed by atoms with Gasteiger partial charge in [-0.25, -0.2) is 0 Å². The van der Waals surface area contributed by atoms with Crippen molar-refractivity contribution in [3.05, 3.63) is 35.4 Å². The monoisotopic (exact) mass is 277 g/mol. The van der Waals surface area contributed by atoms with Crippen LogP contribution in [0.25, 0.3) is 0 Å². The fraction of sp³-hybridized carbons (Fsp3) is 0.562. The highest BCUT2D eigenvalue weighted by Gasteiger charge is 2.08. The van der Waals surface area contributed by atoms with Crippen molar-refractivity contribution >= 4 is 5.96 Å². The lowest BCUT2D eigenvalue weighted by atomic mass is 10.1. The number of benzene rings is 1. The van der Waals surface area contributed by atoms with Crippen molar-refractivity contribution in [2.75, 3.05) is 13.1 Å². The van der Waals surface area contributed by atoms with E-state index in [9.17, 15) is 5.11 Å². The van der Waals surface area contributed by atoms with Crippen molar-refractivity contribution in [2.45, 2.75) is 46.3 Å². The summed E-state index contributed by atoms with van der Waals surface area (Å²) >= 11 is 0. The first-order valence-corrected chi connectivity index (χ1v) is 7.36. The van der Waals surface area contributed by atoms with E-state index in [1.807, 2.05) is 38.1 Å². The molecule has 4 nitrogen and oxygen atoms in total. The predicted molar refractivity (Wildman–Crippen MR) is 85.0 cm³/mol. The molecule has 0 heterocycles. The first-order valence-electron chi connectivity index (χ1n) is 7.36. The second-order valence-corrected chi connectivity index (χ2v) is 5.10. The van der Waals surface area contributed by atoms with Crippen molar-refractivity contribution in [3.63, 3.8) is 0 Å². The zero-order valence-electron chi connectivity index (χ0n) is 13.0.